The molecule has 0 fully saturated rings. The van der Waals surface area contributed by atoms with Gasteiger partial charge >= 0.3 is 54.1 Å². The summed E-state index contributed by atoms with van der Waals surface area (Å²) in [7, 11) is 0. The average molecular weight is 1400 g/mol. The minimum Gasteiger partial charge on any atom is -0.480 e. The van der Waals surface area contributed by atoms with Crippen LogP contribution in [0.15, 0.2) is 219 Å². The molecule has 4 aromatic heterocycles. The number of rotatable bonds is 12. The summed E-state index contributed by atoms with van der Waals surface area (Å²) in [5, 5.41) is 23.5. The summed E-state index contributed by atoms with van der Waals surface area (Å²) in [6.07, 6.45) is 7.59. The standard InChI is InChI=1S/2C16H15NO3.2C10H8N2.9H2O.2Pt/c2*18-15(13-9-5-2-6-10-13)17-14(16(19)20)11-12-7-3-1-4-8-12;2*1-3-7-11-9(5-1)10-6-2-4-8-12-10;;;;;;;;;;;/h2*1-10,14H,11H2,(H,17,18)(H,19,20);2*1-8H;9*1H2;;/q;;;;;;;;;;;;;2*+4. The Hall–Kier alpha value is -7.62. The van der Waals surface area contributed by atoms with Crippen molar-refractivity contribution in [2.24, 2.45) is 0 Å². The predicted octanol–water partition coefficient (Wildman–Crippen LogP) is 1.08. The molecule has 0 saturated carbocycles. The van der Waals surface area contributed by atoms with E-state index in [1.165, 1.54) is 0 Å². The van der Waals surface area contributed by atoms with Gasteiger partial charge in [0, 0.05) is 48.8 Å². The van der Waals surface area contributed by atoms with E-state index in [9.17, 15) is 29.4 Å². The molecule has 75 heavy (non-hydrogen) atoms. The van der Waals surface area contributed by atoms with Gasteiger partial charge in [-0.15, -0.1) is 0 Å². The van der Waals surface area contributed by atoms with Crippen molar-refractivity contribution in [2.75, 3.05) is 0 Å². The van der Waals surface area contributed by atoms with E-state index in [1.54, 1.807) is 85.5 Å². The normalized spacial score (nSPS) is 9.28. The summed E-state index contributed by atoms with van der Waals surface area (Å²) in [4.78, 5) is 63.2. The van der Waals surface area contributed by atoms with Gasteiger partial charge in [0.1, 0.15) is 12.1 Å². The van der Waals surface area contributed by atoms with Gasteiger partial charge in [0.05, 0.1) is 22.8 Å². The van der Waals surface area contributed by atoms with Gasteiger partial charge in [0.2, 0.25) is 0 Å². The van der Waals surface area contributed by atoms with Crippen LogP contribution in [0, 0.1) is 0 Å². The Kier molecular flexibility index (Phi) is 50.1. The van der Waals surface area contributed by atoms with Crippen molar-refractivity contribution >= 4 is 23.8 Å². The number of carboxylic acids is 2. The van der Waals surface area contributed by atoms with Gasteiger partial charge in [0.25, 0.3) is 11.8 Å². The molecular formula is C52H64N6O15Pt2+8. The van der Waals surface area contributed by atoms with Crippen LogP contribution in [-0.2, 0) is 64.6 Å². The molecule has 0 spiro atoms. The van der Waals surface area contributed by atoms with Crippen LogP contribution in [0.1, 0.15) is 31.8 Å². The molecule has 404 valence electrons. The first-order valence-corrected chi connectivity index (χ1v) is 20.2. The van der Waals surface area contributed by atoms with Crippen LogP contribution in [-0.4, -0.2) is 115 Å². The second-order valence-corrected chi connectivity index (χ2v) is 13.7. The van der Waals surface area contributed by atoms with Crippen LogP contribution < -0.4 is 10.6 Å². The van der Waals surface area contributed by atoms with Gasteiger partial charge < -0.3 is 70.1 Å². The second-order valence-electron chi connectivity index (χ2n) is 13.7. The Morgan fingerprint density at radius 1 is 0.333 bits per heavy atom. The second kappa shape index (κ2) is 46.2. The van der Waals surface area contributed by atoms with E-state index in [0.29, 0.717) is 11.1 Å². The summed E-state index contributed by atoms with van der Waals surface area (Å²) >= 11 is 0. The van der Waals surface area contributed by atoms with Crippen molar-refractivity contribution in [2.45, 2.75) is 24.9 Å². The molecule has 2 atom stereocenters. The SMILES string of the molecule is O.O.O.O.O.O.O.O.O.O=C(NC(Cc1ccccc1)C(=O)O)c1ccccc1.O=C(NC(Cc1ccccc1)C(=O)O)c1ccccc1.[Pt+4].[Pt+4].c1ccc(-c2ccccn2)nc1.c1ccc(-c2ccccn2)nc1. The number of carbonyl (C=O) groups is 4. The van der Waals surface area contributed by atoms with Gasteiger partial charge in [-0.1, -0.05) is 121 Å². The average Bonchev–Trinajstić information content (AvgIpc) is 3.36. The maximum Gasteiger partial charge on any atom is 4.00 e. The van der Waals surface area contributed by atoms with E-state index in [0.717, 1.165) is 33.9 Å². The summed E-state index contributed by atoms with van der Waals surface area (Å²) in [5.41, 5.74) is 6.30. The molecule has 2 unspecified atom stereocenters. The van der Waals surface area contributed by atoms with Gasteiger partial charge in [-0.3, -0.25) is 29.5 Å². The van der Waals surface area contributed by atoms with E-state index in [4.69, 9.17) is 0 Å². The van der Waals surface area contributed by atoms with E-state index in [1.807, 2.05) is 133 Å². The minimum atomic E-state index is -1.04. The molecular weight excluding hydrogens is 1340 g/mol. The van der Waals surface area contributed by atoms with Crippen molar-refractivity contribution in [3.05, 3.63) is 241 Å². The maximum atomic E-state index is 12.0. The third-order valence-electron chi connectivity index (χ3n) is 9.03. The molecule has 8 rings (SSSR count). The van der Waals surface area contributed by atoms with Gasteiger partial charge in [0.15, 0.2) is 0 Å². The monoisotopic (exact) mass is 1400 g/mol. The van der Waals surface area contributed by atoms with Crippen molar-refractivity contribution in [3.63, 3.8) is 0 Å². The third kappa shape index (κ3) is 29.6. The number of pyridine rings is 4. The Bertz CT molecular complexity index is 2360. The zero-order valence-electron chi connectivity index (χ0n) is 39.8. The molecule has 22 N–H and O–H groups in total. The first kappa shape index (κ1) is 81.4. The first-order valence-electron chi connectivity index (χ1n) is 20.2. The van der Waals surface area contributed by atoms with Crippen LogP contribution in [0.2, 0.25) is 0 Å². The number of aromatic nitrogens is 4. The van der Waals surface area contributed by atoms with E-state index in [2.05, 4.69) is 30.6 Å². The van der Waals surface area contributed by atoms with Gasteiger partial charge in [-0.2, -0.15) is 0 Å². The molecule has 0 aliphatic carbocycles. The van der Waals surface area contributed by atoms with Crippen LogP contribution >= 0.6 is 0 Å². The molecule has 21 nitrogen and oxygen atoms in total. The van der Waals surface area contributed by atoms with Crippen LogP contribution in [0.5, 0.6) is 0 Å². The van der Waals surface area contributed by atoms with Crippen molar-refractivity contribution in [1.29, 1.82) is 0 Å². The number of nitrogens with zero attached hydrogens (tertiary/aromatic N) is 4. The molecule has 2 amide bonds. The van der Waals surface area contributed by atoms with Gasteiger partial charge in [-0.25, -0.2) is 9.59 Å². The molecule has 23 heteroatoms. The van der Waals surface area contributed by atoms with E-state index >= 15 is 0 Å². The molecule has 0 aliphatic rings. The fraction of sp³-hybridized carbons (Fsp3) is 0.0769. The zero-order chi connectivity index (χ0) is 45.2. The quantitative estimate of drug-likeness (QED) is 0.135. The van der Waals surface area contributed by atoms with Crippen molar-refractivity contribution in [3.8, 4) is 22.8 Å². The summed E-state index contributed by atoms with van der Waals surface area (Å²) in [6, 6.07) is 56.9. The number of benzene rings is 4. The smallest absolute Gasteiger partial charge is 0.480 e. The number of aliphatic carboxylic acids is 2. The minimum absolute atomic E-state index is 0. The maximum absolute atomic E-state index is 12.0. The number of nitrogens with one attached hydrogen (secondary N) is 2. The first-order chi connectivity index (χ1) is 31.3. The third-order valence-corrected chi connectivity index (χ3v) is 9.03. The largest absolute Gasteiger partial charge is 4.00 e. The predicted molar refractivity (Wildman–Crippen MR) is 278 cm³/mol. The van der Waals surface area contributed by atoms with Crippen LogP contribution in [0.25, 0.3) is 22.8 Å². The topological polar surface area (TPSA) is 468 Å². The summed E-state index contributed by atoms with van der Waals surface area (Å²) in [5.74, 6) is -2.85. The fourth-order valence-electron chi connectivity index (χ4n) is 5.82. The Morgan fingerprint density at radius 2 is 0.547 bits per heavy atom. The van der Waals surface area contributed by atoms with Gasteiger partial charge in [-0.05, 0) is 83.9 Å². The van der Waals surface area contributed by atoms with Crippen molar-refractivity contribution < 1.29 is 121 Å². The zero-order valence-corrected chi connectivity index (χ0v) is 44.3. The van der Waals surface area contributed by atoms with Crippen LogP contribution in [0.3, 0.4) is 0 Å². The summed E-state index contributed by atoms with van der Waals surface area (Å²) < 4.78 is 0. The van der Waals surface area contributed by atoms with E-state index < -0.39 is 24.0 Å². The Balaban J connectivity index is -0.000000160. The number of carboxylic acid groups (broad SMARTS) is 2. The molecule has 4 aromatic carbocycles. The Labute approximate surface area is 461 Å². The summed E-state index contributed by atoms with van der Waals surface area (Å²) in [6.45, 7) is 0. The number of amides is 2. The molecule has 0 aliphatic heterocycles. The molecule has 0 radical (unpaired) electrons. The molecule has 0 saturated heterocycles. The number of hydrogen-bond acceptors (Lipinski definition) is 8. The molecule has 0 bridgehead atoms. The molecule has 4 heterocycles. The fourth-order valence-corrected chi connectivity index (χ4v) is 5.82. The molecule has 8 aromatic rings. The number of carbonyl (C=O) groups excluding carboxylic acids is 2. The Morgan fingerprint density at radius 3 is 0.747 bits per heavy atom. The number of hydrogen-bond donors (Lipinski definition) is 4. The van der Waals surface area contributed by atoms with Crippen LogP contribution in [0.4, 0.5) is 0 Å². The van der Waals surface area contributed by atoms with E-state index in [-0.39, 0.29) is 116 Å². The van der Waals surface area contributed by atoms with Crippen molar-refractivity contribution in [1.82, 2.24) is 30.6 Å².